The van der Waals surface area contributed by atoms with Crippen LogP contribution in [0.25, 0.3) is 0 Å². The predicted octanol–water partition coefficient (Wildman–Crippen LogP) is 1.79. The number of amides is 1. The molecule has 29 heavy (non-hydrogen) atoms. The van der Waals surface area contributed by atoms with Crippen molar-refractivity contribution in [2.45, 2.75) is 63.5 Å². The molecule has 3 unspecified atom stereocenters. The van der Waals surface area contributed by atoms with E-state index in [0.717, 1.165) is 25.7 Å². The molecule has 8 nitrogen and oxygen atoms in total. The van der Waals surface area contributed by atoms with Crippen molar-refractivity contribution in [1.82, 2.24) is 10.0 Å². The second kappa shape index (κ2) is 9.98. The summed E-state index contributed by atoms with van der Waals surface area (Å²) >= 11 is 0. The molecule has 160 valence electrons. The van der Waals surface area contributed by atoms with E-state index in [2.05, 4.69) is 17.0 Å². The molecule has 2 rings (SSSR count). The van der Waals surface area contributed by atoms with Crippen molar-refractivity contribution in [3.05, 3.63) is 29.8 Å². The van der Waals surface area contributed by atoms with Gasteiger partial charge < -0.3 is 10.1 Å². The zero-order valence-electron chi connectivity index (χ0n) is 16.9. The van der Waals surface area contributed by atoms with E-state index in [1.165, 1.54) is 38.1 Å². The van der Waals surface area contributed by atoms with Crippen molar-refractivity contribution >= 4 is 27.7 Å². The van der Waals surface area contributed by atoms with E-state index in [1.54, 1.807) is 0 Å². The van der Waals surface area contributed by atoms with Crippen LogP contribution < -0.4 is 10.0 Å². The number of hydrogen-bond acceptors (Lipinski definition) is 6. The lowest BCUT2D eigenvalue weighted by Gasteiger charge is -2.30. The molecule has 1 saturated carbocycles. The van der Waals surface area contributed by atoms with E-state index in [-0.39, 0.29) is 22.6 Å². The first kappa shape index (κ1) is 23.0. The summed E-state index contributed by atoms with van der Waals surface area (Å²) in [6, 6.07) is 5.42. The maximum Gasteiger partial charge on any atom is 0.321 e. The molecular weight excluding hydrogens is 396 g/mol. The second-order valence-corrected chi connectivity index (χ2v) is 9.18. The highest BCUT2D eigenvalue weighted by atomic mass is 32.2. The summed E-state index contributed by atoms with van der Waals surface area (Å²) in [5.74, 6) is -1.05. The van der Waals surface area contributed by atoms with Crippen molar-refractivity contribution in [3.63, 3.8) is 0 Å². The van der Waals surface area contributed by atoms with Gasteiger partial charge in [0.2, 0.25) is 10.0 Å². The maximum atomic E-state index is 12.3. The Bertz CT molecular complexity index is 850. The minimum absolute atomic E-state index is 0.0638. The van der Waals surface area contributed by atoms with E-state index < -0.39 is 28.6 Å². The highest BCUT2D eigenvalue weighted by Gasteiger charge is 2.26. The monoisotopic (exact) mass is 424 g/mol. The number of sulfonamides is 1. The minimum atomic E-state index is -3.95. The van der Waals surface area contributed by atoms with E-state index in [0.29, 0.717) is 11.5 Å². The number of benzene rings is 1. The average molecular weight is 425 g/mol. The molecular formula is C20H28N2O6S. The predicted molar refractivity (Wildman–Crippen MR) is 107 cm³/mol. The Morgan fingerprint density at radius 1 is 1.14 bits per heavy atom. The van der Waals surface area contributed by atoms with Gasteiger partial charge in [0.25, 0.3) is 5.91 Å². The maximum absolute atomic E-state index is 12.3. The van der Waals surface area contributed by atoms with Gasteiger partial charge in [-0.25, -0.2) is 8.42 Å². The van der Waals surface area contributed by atoms with Crippen LogP contribution in [0.5, 0.6) is 0 Å². The van der Waals surface area contributed by atoms with Gasteiger partial charge in [0.1, 0.15) is 6.54 Å². The molecule has 0 heterocycles. The van der Waals surface area contributed by atoms with E-state index in [9.17, 15) is 22.8 Å². The third-order valence-electron chi connectivity index (χ3n) is 5.09. The molecule has 0 saturated heterocycles. The number of carbonyl (C=O) groups is 3. The highest BCUT2D eigenvalue weighted by molar-refractivity contribution is 7.89. The number of Topliss-reactive ketones (excluding diaryl/α,β-unsaturated/α-hetero) is 1. The first-order valence-electron chi connectivity index (χ1n) is 9.70. The van der Waals surface area contributed by atoms with E-state index >= 15 is 0 Å². The molecule has 0 aliphatic heterocycles. The van der Waals surface area contributed by atoms with Gasteiger partial charge in [-0.1, -0.05) is 31.9 Å². The van der Waals surface area contributed by atoms with Gasteiger partial charge in [0.15, 0.2) is 11.9 Å². The first-order chi connectivity index (χ1) is 13.6. The largest absolute Gasteiger partial charge is 0.452 e. The standard InChI is InChI=1S/C20H28N2O6S/c1-13-6-4-5-7-18(13)22-20(25)15(3)28-19(24)12-21-29(26,27)17-10-8-16(9-11-17)14(2)23/h8-11,13,15,18,21H,4-7,12H2,1-3H3,(H,22,25). The number of rotatable bonds is 8. The minimum Gasteiger partial charge on any atom is -0.452 e. The fraction of sp³-hybridized carbons (Fsp3) is 0.550. The van der Waals surface area contributed by atoms with Crippen LogP contribution in [0, 0.1) is 5.92 Å². The molecule has 2 N–H and O–H groups in total. The lowest BCUT2D eigenvalue weighted by molar-refractivity contribution is -0.154. The van der Waals surface area contributed by atoms with Crippen LogP contribution in [-0.2, 0) is 24.3 Å². The van der Waals surface area contributed by atoms with Crippen LogP contribution in [0.3, 0.4) is 0 Å². The third-order valence-corrected chi connectivity index (χ3v) is 6.51. The molecule has 0 aromatic heterocycles. The Morgan fingerprint density at radius 3 is 2.34 bits per heavy atom. The summed E-state index contributed by atoms with van der Waals surface area (Å²) in [5, 5.41) is 2.90. The van der Waals surface area contributed by atoms with Crippen molar-refractivity contribution in [3.8, 4) is 0 Å². The van der Waals surface area contributed by atoms with Gasteiger partial charge in [0, 0.05) is 11.6 Å². The molecule has 3 atom stereocenters. The Morgan fingerprint density at radius 2 is 1.76 bits per heavy atom. The molecule has 1 fully saturated rings. The van der Waals surface area contributed by atoms with Gasteiger partial charge in [-0.05, 0) is 44.7 Å². The van der Waals surface area contributed by atoms with E-state index in [1.807, 2.05) is 0 Å². The summed E-state index contributed by atoms with van der Waals surface area (Å²) in [6.07, 6.45) is 3.13. The summed E-state index contributed by atoms with van der Waals surface area (Å²) in [7, 11) is -3.95. The Labute approximate surface area is 171 Å². The zero-order valence-corrected chi connectivity index (χ0v) is 17.8. The van der Waals surface area contributed by atoms with Gasteiger partial charge >= 0.3 is 5.97 Å². The SMILES string of the molecule is CC(=O)c1ccc(S(=O)(=O)NCC(=O)OC(C)C(=O)NC2CCCCC2C)cc1. The summed E-state index contributed by atoms with van der Waals surface area (Å²) in [6.45, 7) is 4.31. The normalized spacial score (nSPS) is 20.5. The fourth-order valence-electron chi connectivity index (χ4n) is 3.23. The molecule has 1 amide bonds. The van der Waals surface area contributed by atoms with Crippen molar-refractivity contribution < 1.29 is 27.5 Å². The second-order valence-electron chi connectivity index (χ2n) is 7.41. The van der Waals surface area contributed by atoms with Crippen LogP contribution >= 0.6 is 0 Å². The van der Waals surface area contributed by atoms with Crippen LogP contribution in [0.2, 0.25) is 0 Å². The summed E-state index contributed by atoms with van der Waals surface area (Å²) in [5.41, 5.74) is 0.385. The molecule has 0 bridgehead atoms. The molecule has 0 spiro atoms. The number of ether oxygens (including phenoxy) is 1. The van der Waals surface area contributed by atoms with Gasteiger partial charge in [-0.3, -0.25) is 14.4 Å². The summed E-state index contributed by atoms with van der Waals surface area (Å²) < 4.78 is 31.7. The number of ketones is 1. The molecule has 9 heteroatoms. The Hall–Kier alpha value is -2.26. The van der Waals surface area contributed by atoms with Crippen molar-refractivity contribution in [1.29, 1.82) is 0 Å². The number of hydrogen-bond donors (Lipinski definition) is 2. The van der Waals surface area contributed by atoms with Gasteiger partial charge in [-0.15, -0.1) is 0 Å². The van der Waals surface area contributed by atoms with Crippen LogP contribution in [0.15, 0.2) is 29.2 Å². The average Bonchev–Trinajstić information content (AvgIpc) is 2.68. The van der Waals surface area contributed by atoms with Gasteiger partial charge in [0.05, 0.1) is 4.90 Å². The van der Waals surface area contributed by atoms with Gasteiger partial charge in [-0.2, -0.15) is 4.72 Å². The Kier molecular flexibility index (Phi) is 7.92. The van der Waals surface area contributed by atoms with Crippen LogP contribution in [0.4, 0.5) is 0 Å². The lowest BCUT2D eigenvalue weighted by Crippen LogP contribution is -2.46. The zero-order chi connectivity index (χ0) is 21.6. The molecule has 1 aromatic rings. The quantitative estimate of drug-likeness (QED) is 0.485. The number of esters is 1. The summed E-state index contributed by atoms with van der Waals surface area (Å²) in [4.78, 5) is 35.4. The Balaban J connectivity index is 1.84. The van der Waals surface area contributed by atoms with Crippen molar-refractivity contribution in [2.24, 2.45) is 5.92 Å². The molecule has 0 radical (unpaired) electrons. The first-order valence-corrected chi connectivity index (χ1v) is 11.2. The fourth-order valence-corrected chi connectivity index (χ4v) is 4.20. The molecule has 1 aliphatic carbocycles. The number of nitrogens with one attached hydrogen (secondary N) is 2. The van der Waals surface area contributed by atoms with Crippen LogP contribution in [-0.4, -0.2) is 44.8 Å². The molecule has 1 aromatic carbocycles. The van der Waals surface area contributed by atoms with Crippen LogP contribution in [0.1, 0.15) is 56.8 Å². The number of carbonyl (C=O) groups excluding carboxylic acids is 3. The smallest absolute Gasteiger partial charge is 0.321 e. The van der Waals surface area contributed by atoms with E-state index in [4.69, 9.17) is 4.74 Å². The highest BCUT2D eigenvalue weighted by Crippen LogP contribution is 2.23. The third kappa shape index (κ3) is 6.64. The lowest BCUT2D eigenvalue weighted by atomic mass is 9.86. The topological polar surface area (TPSA) is 119 Å². The van der Waals surface area contributed by atoms with Crippen molar-refractivity contribution in [2.75, 3.05) is 6.54 Å². The molecule has 1 aliphatic rings.